The Hall–Kier alpha value is -1.20. The minimum atomic E-state index is -0.0340. The molecule has 5 heteroatoms. The highest BCUT2D eigenvalue weighted by atomic mass is 16.5. The molecule has 1 fully saturated rings. The average Bonchev–Trinajstić information content (AvgIpc) is 2.44. The van der Waals surface area contributed by atoms with E-state index >= 15 is 0 Å². The molecule has 0 bridgehead atoms. The summed E-state index contributed by atoms with van der Waals surface area (Å²) in [5.74, 6) is 1.70. The van der Waals surface area contributed by atoms with Crippen LogP contribution in [-0.4, -0.2) is 48.2 Å². The molecular weight excluding hydrogens is 264 g/mol. The van der Waals surface area contributed by atoms with E-state index in [2.05, 4.69) is 56.0 Å². The van der Waals surface area contributed by atoms with Crippen molar-refractivity contribution >= 4 is 5.82 Å². The molecule has 1 atom stereocenters. The molecular formula is C16H28N4O. The molecule has 1 saturated heterocycles. The second-order valence-electron chi connectivity index (χ2n) is 6.80. The molecule has 1 unspecified atom stereocenters. The van der Waals surface area contributed by atoms with Crippen molar-refractivity contribution in [3.63, 3.8) is 0 Å². The van der Waals surface area contributed by atoms with Crippen LogP contribution in [0.1, 0.15) is 51.7 Å². The van der Waals surface area contributed by atoms with E-state index in [1.807, 2.05) is 0 Å². The number of nitrogens with zero attached hydrogens (tertiary/aromatic N) is 3. The normalized spacial score (nSPS) is 20.5. The lowest BCUT2D eigenvalue weighted by Gasteiger charge is -2.30. The van der Waals surface area contributed by atoms with Gasteiger partial charge in [-0.05, 0) is 13.5 Å². The molecule has 0 spiro atoms. The number of rotatable bonds is 4. The van der Waals surface area contributed by atoms with Crippen molar-refractivity contribution in [2.75, 3.05) is 38.6 Å². The second kappa shape index (κ2) is 6.71. The van der Waals surface area contributed by atoms with E-state index in [0.717, 1.165) is 50.0 Å². The van der Waals surface area contributed by atoms with Crippen molar-refractivity contribution in [1.82, 2.24) is 14.9 Å². The summed E-state index contributed by atoms with van der Waals surface area (Å²) < 4.78 is 5.87. The van der Waals surface area contributed by atoms with Crippen molar-refractivity contribution in [3.8, 4) is 0 Å². The number of morpholine rings is 1. The number of aromatic nitrogens is 2. The van der Waals surface area contributed by atoms with Gasteiger partial charge in [-0.15, -0.1) is 0 Å². The van der Waals surface area contributed by atoms with E-state index in [4.69, 9.17) is 9.72 Å². The van der Waals surface area contributed by atoms with Crippen LogP contribution in [0, 0.1) is 0 Å². The maximum atomic E-state index is 5.87. The first-order chi connectivity index (χ1) is 9.90. The van der Waals surface area contributed by atoms with Crippen molar-refractivity contribution in [1.29, 1.82) is 0 Å². The van der Waals surface area contributed by atoms with Crippen LogP contribution in [0.3, 0.4) is 0 Å². The van der Waals surface area contributed by atoms with Gasteiger partial charge in [-0.25, -0.2) is 9.97 Å². The Bertz CT molecular complexity index is 470. The van der Waals surface area contributed by atoms with Gasteiger partial charge >= 0.3 is 0 Å². The zero-order valence-corrected chi connectivity index (χ0v) is 13.9. The molecule has 2 rings (SSSR count). The van der Waals surface area contributed by atoms with Gasteiger partial charge in [0.25, 0.3) is 0 Å². The number of likely N-dealkylation sites (N-methyl/N-ethyl adjacent to an activating group) is 1. The predicted molar refractivity (Wildman–Crippen MR) is 85.7 cm³/mol. The molecule has 21 heavy (non-hydrogen) atoms. The quantitative estimate of drug-likeness (QED) is 0.924. The highest BCUT2D eigenvalue weighted by molar-refractivity contribution is 5.38. The molecule has 5 nitrogen and oxygen atoms in total. The molecule has 1 aliphatic rings. The molecule has 0 aromatic carbocycles. The van der Waals surface area contributed by atoms with Gasteiger partial charge in [0, 0.05) is 31.1 Å². The van der Waals surface area contributed by atoms with Crippen LogP contribution in [0.4, 0.5) is 5.82 Å². The molecule has 1 N–H and O–H groups in total. The summed E-state index contributed by atoms with van der Waals surface area (Å²) in [7, 11) is 2.11. The van der Waals surface area contributed by atoms with Crippen LogP contribution >= 0.6 is 0 Å². The smallest absolute Gasteiger partial charge is 0.161 e. The number of hydrogen-bond acceptors (Lipinski definition) is 5. The molecule has 1 aliphatic heterocycles. The summed E-state index contributed by atoms with van der Waals surface area (Å²) in [6.45, 7) is 12.2. The van der Waals surface area contributed by atoms with Crippen LogP contribution in [0.25, 0.3) is 0 Å². The lowest BCUT2D eigenvalue weighted by atomic mass is 9.92. The first kappa shape index (κ1) is 16.2. The standard InChI is InChI=1S/C16H28N4O/c1-6-7-17-14-10-13(16(2,3)4)18-15(19-14)12-11-20(5)8-9-21-12/h10,12H,6-9,11H2,1-5H3,(H,17,18,19). The molecule has 0 amide bonds. The number of ether oxygens (including phenoxy) is 1. The third-order valence-electron chi connectivity index (χ3n) is 3.63. The Morgan fingerprint density at radius 1 is 1.38 bits per heavy atom. The third kappa shape index (κ3) is 4.38. The van der Waals surface area contributed by atoms with E-state index in [1.165, 1.54) is 0 Å². The van der Waals surface area contributed by atoms with Crippen LogP contribution in [0.15, 0.2) is 6.07 Å². The largest absolute Gasteiger partial charge is 0.370 e. The Morgan fingerprint density at radius 3 is 2.76 bits per heavy atom. The number of nitrogens with one attached hydrogen (secondary N) is 1. The van der Waals surface area contributed by atoms with Crippen molar-refractivity contribution in [2.24, 2.45) is 0 Å². The summed E-state index contributed by atoms with van der Waals surface area (Å²) in [6, 6.07) is 2.06. The van der Waals surface area contributed by atoms with Crippen LogP contribution in [-0.2, 0) is 10.2 Å². The van der Waals surface area contributed by atoms with E-state index in [0.29, 0.717) is 0 Å². The van der Waals surface area contributed by atoms with E-state index < -0.39 is 0 Å². The predicted octanol–water partition coefficient (Wildman–Crippen LogP) is 2.60. The minimum Gasteiger partial charge on any atom is -0.370 e. The fourth-order valence-electron chi connectivity index (χ4n) is 2.27. The maximum absolute atomic E-state index is 5.87. The third-order valence-corrected chi connectivity index (χ3v) is 3.63. The van der Waals surface area contributed by atoms with Gasteiger partial charge in [0.2, 0.25) is 0 Å². The summed E-state index contributed by atoms with van der Waals surface area (Å²) in [5.41, 5.74) is 1.06. The van der Waals surface area contributed by atoms with Crippen molar-refractivity contribution < 1.29 is 4.74 Å². The van der Waals surface area contributed by atoms with E-state index in [9.17, 15) is 0 Å². The molecule has 118 valence electrons. The lowest BCUT2D eigenvalue weighted by Crippen LogP contribution is -2.36. The average molecular weight is 292 g/mol. The molecule has 1 aromatic rings. The Kier molecular flexibility index (Phi) is 5.17. The molecule has 2 heterocycles. The Morgan fingerprint density at radius 2 is 2.14 bits per heavy atom. The van der Waals surface area contributed by atoms with Crippen LogP contribution in [0.2, 0.25) is 0 Å². The zero-order valence-electron chi connectivity index (χ0n) is 13.9. The maximum Gasteiger partial charge on any atom is 0.161 e. The molecule has 0 aliphatic carbocycles. The van der Waals surface area contributed by atoms with Gasteiger partial charge in [0.1, 0.15) is 11.9 Å². The zero-order chi connectivity index (χ0) is 15.5. The van der Waals surface area contributed by atoms with Gasteiger partial charge in [-0.1, -0.05) is 27.7 Å². The molecule has 1 aromatic heterocycles. The summed E-state index contributed by atoms with van der Waals surface area (Å²) >= 11 is 0. The second-order valence-corrected chi connectivity index (χ2v) is 6.80. The number of anilines is 1. The Balaban J connectivity index is 2.30. The van der Waals surface area contributed by atoms with Crippen molar-refractivity contribution in [2.45, 2.75) is 45.6 Å². The first-order valence-corrected chi connectivity index (χ1v) is 7.83. The van der Waals surface area contributed by atoms with E-state index in [1.54, 1.807) is 0 Å². The number of hydrogen-bond donors (Lipinski definition) is 1. The summed E-state index contributed by atoms with van der Waals surface area (Å²) in [6.07, 6.45) is 1.04. The van der Waals surface area contributed by atoms with Crippen LogP contribution < -0.4 is 5.32 Å². The summed E-state index contributed by atoms with van der Waals surface area (Å²) in [4.78, 5) is 11.7. The van der Waals surface area contributed by atoms with Gasteiger partial charge < -0.3 is 15.0 Å². The van der Waals surface area contributed by atoms with Gasteiger partial charge in [-0.2, -0.15) is 0 Å². The lowest BCUT2D eigenvalue weighted by molar-refractivity contribution is -0.0255. The topological polar surface area (TPSA) is 50.3 Å². The van der Waals surface area contributed by atoms with Gasteiger partial charge in [0.15, 0.2) is 5.82 Å². The van der Waals surface area contributed by atoms with Gasteiger partial charge in [-0.3, -0.25) is 0 Å². The highest BCUT2D eigenvalue weighted by Crippen LogP contribution is 2.26. The van der Waals surface area contributed by atoms with Crippen molar-refractivity contribution in [3.05, 3.63) is 17.6 Å². The van der Waals surface area contributed by atoms with Crippen LogP contribution in [0.5, 0.6) is 0 Å². The summed E-state index contributed by atoms with van der Waals surface area (Å²) in [5, 5.41) is 3.38. The highest BCUT2D eigenvalue weighted by Gasteiger charge is 2.25. The SMILES string of the molecule is CCCNc1cc(C(C)(C)C)nc(C2CN(C)CCO2)n1. The fourth-order valence-corrected chi connectivity index (χ4v) is 2.27. The Labute approximate surface area is 128 Å². The molecule has 0 radical (unpaired) electrons. The fraction of sp³-hybridized carbons (Fsp3) is 0.750. The van der Waals surface area contributed by atoms with Gasteiger partial charge in [0.05, 0.1) is 12.3 Å². The first-order valence-electron chi connectivity index (χ1n) is 7.83. The minimum absolute atomic E-state index is 0.000896. The molecule has 0 saturated carbocycles. The monoisotopic (exact) mass is 292 g/mol. The van der Waals surface area contributed by atoms with E-state index in [-0.39, 0.29) is 11.5 Å².